The van der Waals surface area contributed by atoms with Gasteiger partial charge in [0.25, 0.3) is 5.95 Å². The summed E-state index contributed by atoms with van der Waals surface area (Å²) in [6.45, 7) is 4.73. The molecule has 1 aromatic carbocycles. The first-order valence-corrected chi connectivity index (χ1v) is 9.44. The van der Waals surface area contributed by atoms with Gasteiger partial charge in [0.2, 0.25) is 0 Å². The van der Waals surface area contributed by atoms with E-state index in [1.807, 2.05) is 13.0 Å². The highest BCUT2D eigenvalue weighted by Gasteiger charge is 2.25. The van der Waals surface area contributed by atoms with Gasteiger partial charge in [-0.3, -0.25) is 0 Å². The van der Waals surface area contributed by atoms with Gasteiger partial charge in [-0.1, -0.05) is 6.07 Å². The van der Waals surface area contributed by atoms with E-state index in [0.29, 0.717) is 35.9 Å². The summed E-state index contributed by atoms with van der Waals surface area (Å²) in [6, 6.07) is 5.52. The molecule has 0 aliphatic carbocycles. The third-order valence-corrected chi connectivity index (χ3v) is 5.16. The molecule has 1 aliphatic rings. The van der Waals surface area contributed by atoms with Crippen molar-refractivity contribution in [2.45, 2.75) is 33.1 Å². The number of carbonyl (C=O) groups is 1. The van der Waals surface area contributed by atoms with Crippen molar-refractivity contribution in [2.24, 2.45) is 0 Å². The molecular weight excluding hydrogens is 384 g/mol. The first-order chi connectivity index (χ1) is 14.5. The summed E-state index contributed by atoms with van der Waals surface area (Å²) < 4.78 is 6.61. The summed E-state index contributed by atoms with van der Waals surface area (Å²) in [7, 11) is 0. The average Bonchev–Trinajstić information content (AvgIpc) is 3.36. The number of cyclic esters (lactones) is 1. The Balaban J connectivity index is 1.38. The number of carbonyl (C=O) groups excluding carboxylic acids is 1. The van der Waals surface area contributed by atoms with Crippen LogP contribution in [-0.2, 0) is 17.9 Å². The third-order valence-electron chi connectivity index (χ3n) is 5.16. The number of ether oxygens (including phenoxy) is 1. The Labute approximate surface area is 173 Å². The Morgan fingerprint density at radius 1 is 1.37 bits per heavy atom. The number of aryl methyl sites for hydroxylation is 1. The number of aliphatic hydroxyl groups excluding tert-OH is 1. The van der Waals surface area contributed by atoms with Gasteiger partial charge in [0.15, 0.2) is 0 Å². The molecule has 2 N–H and O–H groups in total. The smallest absolute Gasteiger partial charge is 0.338 e. The first-order valence-electron chi connectivity index (χ1n) is 9.44. The fourth-order valence-corrected chi connectivity index (χ4v) is 3.43. The molecule has 1 aliphatic heterocycles. The molecular formula is C21H20N6O3. The summed E-state index contributed by atoms with van der Waals surface area (Å²) in [5.41, 5.74) is 5.00. The molecule has 9 nitrogen and oxygen atoms in total. The van der Waals surface area contributed by atoms with E-state index >= 15 is 0 Å². The highest BCUT2D eigenvalue weighted by Crippen LogP contribution is 2.28. The minimum absolute atomic E-state index is 0.254. The molecule has 0 radical (unpaired) electrons. The van der Waals surface area contributed by atoms with Crippen molar-refractivity contribution in [3.63, 3.8) is 0 Å². The van der Waals surface area contributed by atoms with Crippen LogP contribution in [0.2, 0.25) is 0 Å². The van der Waals surface area contributed by atoms with E-state index in [1.165, 1.54) is 6.20 Å². The Bertz CT molecular complexity index is 1160. The van der Waals surface area contributed by atoms with Crippen LogP contribution in [0.1, 0.15) is 50.0 Å². The van der Waals surface area contributed by atoms with E-state index in [0.717, 1.165) is 22.3 Å². The Kier molecular flexibility index (Phi) is 5.27. The molecule has 4 rings (SSSR count). The summed E-state index contributed by atoms with van der Waals surface area (Å²) in [5.74, 6) is 0.0778. The molecule has 0 amide bonds. The van der Waals surface area contributed by atoms with Crippen LogP contribution < -0.4 is 5.32 Å². The molecule has 2 aromatic heterocycles. The maximum atomic E-state index is 11.7. The van der Waals surface area contributed by atoms with E-state index in [1.54, 1.807) is 36.1 Å². The van der Waals surface area contributed by atoms with Crippen LogP contribution in [0.15, 0.2) is 30.7 Å². The van der Waals surface area contributed by atoms with E-state index in [-0.39, 0.29) is 12.6 Å². The second kappa shape index (κ2) is 8.02. The Morgan fingerprint density at radius 3 is 2.97 bits per heavy atom. The molecule has 1 unspecified atom stereocenters. The predicted molar refractivity (Wildman–Crippen MR) is 106 cm³/mol. The number of hydrogen-bond acceptors (Lipinski definition) is 8. The van der Waals surface area contributed by atoms with Crippen molar-refractivity contribution in [3.8, 4) is 12.0 Å². The summed E-state index contributed by atoms with van der Waals surface area (Å²) >= 11 is 0. The third kappa shape index (κ3) is 3.66. The minimum Gasteiger partial charge on any atom is -0.457 e. The number of aromatic nitrogens is 4. The van der Waals surface area contributed by atoms with E-state index in [9.17, 15) is 9.90 Å². The normalized spacial score (nSPS) is 13.6. The molecule has 3 heterocycles. The van der Waals surface area contributed by atoms with Crippen molar-refractivity contribution < 1.29 is 14.6 Å². The number of benzene rings is 1. The zero-order chi connectivity index (χ0) is 21.3. The number of hydrogen-bond donors (Lipinski definition) is 2. The lowest BCUT2D eigenvalue weighted by Gasteiger charge is -2.16. The molecule has 0 fully saturated rings. The summed E-state index contributed by atoms with van der Waals surface area (Å²) in [6.07, 6.45) is 4.25. The fraction of sp³-hybridized carbons (Fsp3) is 0.286. The largest absolute Gasteiger partial charge is 0.457 e. The highest BCUT2D eigenvalue weighted by atomic mass is 16.5. The van der Waals surface area contributed by atoms with Gasteiger partial charge in [0.05, 0.1) is 35.3 Å². The van der Waals surface area contributed by atoms with Gasteiger partial charge in [-0.05, 0) is 31.0 Å². The summed E-state index contributed by atoms with van der Waals surface area (Å²) in [5, 5.41) is 27.0. The molecule has 0 saturated carbocycles. The van der Waals surface area contributed by atoms with Crippen molar-refractivity contribution in [1.82, 2.24) is 25.1 Å². The van der Waals surface area contributed by atoms with Crippen molar-refractivity contribution in [1.29, 1.82) is 5.26 Å². The lowest BCUT2D eigenvalue weighted by Crippen LogP contribution is -2.21. The second-order valence-electron chi connectivity index (χ2n) is 7.10. The molecule has 9 heteroatoms. The SMILES string of the molecule is Cc1nc(-n2cc(CNCC(O)c3ccc4c(c3C)COC4=O)cn2)ncc1C#N. The zero-order valence-electron chi connectivity index (χ0n) is 16.6. The first kappa shape index (κ1) is 19.7. The van der Waals surface area contributed by atoms with Gasteiger partial charge in [-0.2, -0.15) is 10.4 Å². The maximum Gasteiger partial charge on any atom is 0.338 e. The molecule has 1 atom stereocenters. The molecule has 0 bridgehead atoms. The van der Waals surface area contributed by atoms with Crippen LogP contribution >= 0.6 is 0 Å². The number of nitrogens with zero attached hydrogens (tertiary/aromatic N) is 5. The van der Waals surface area contributed by atoms with E-state index in [4.69, 9.17) is 10.00 Å². The number of rotatable bonds is 6. The van der Waals surface area contributed by atoms with Gasteiger partial charge in [0.1, 0.15) is 12.7 Å². The van der Waals surface area contributed by atoms with Gasteiger partial charge in [-0.25, -0.2) is 19.4 Å². The number of fused-ring (bicyclic) bond motifs is 1. The van der Waals surface area contributed by atoms with E-state index < -0.39 is 6.10 Å². The van der Waals surface area contributed by atoms with Crippen molar-refractivity contribution in [2.75, 3.05) is 6.54 Å². The molecule has 0 spiro atoms. The van der Waals surface area contributed by atoms with Crippen LogP contribution in [0.3, 0.4) is 0 Å². The van der Waals surface area contributed by atoms with Gasteiger partial charge < -0.3 is 15.2 Å². The average molecular weight is 404 g/mol. The number of nitrogens with one attached hydrogen (secondary N) is 1. The van der Waals surface area contributed by atoms with Gasteiger partial charge in [-0.15, -0.1) is 0 Å². The summed E-state index contributed by atoms with van der Waals surface area (Å²) in [4.78, 5) is 20.1. The van der Waals surface area contributed by atoms with Crippen LogP contribution in [-0.4, -0.2) is 37.4 Å². The van der Waals surface area contributed by atoms with Crippen molar-refractivity contribution in [3.05, 3.63) is 69.8 Å². The Morgan fingerprint density at radius 2 is 2.20 bits per heavy atom. The number of nitriles is 1. The molecule has 0 saturated heterocycles. The predicted octanol–water partition coefficient (Wildman–Crippen LogP) is 1.64. The zero-order valence-corrected chi connectivity index (χ0v) is 16.6. The molecule has 152 valence electrons. The monoisotopic (exact) mass is 404 g/mol. The maximum absolute atomic E-state index is 11.7. The quantitative estimate of drug-likeness (QED) is 0.594. The van der Waals surface area contributed by atoms with Crippen molar-refractivity contribution >= 4 is 5.97 Å². The topological polar surface area (TPSA) is 126 Å². The lowest BCUT2D eigenvalue weighted by molar-refractivity contribution is 0.0535. The van der Waals surface area contributed by atoms with Crippen LogP contribution in [0.25, 0.3) is 5.95 Å². The lowest BCUT2D eigenvalue weighted by atomic mass is 9.95. The number of aliphatic hydroxyl groups is 1. The van der Waals surface area contributed by atoms with Crippen LogP contribution in [0, 0.1) is 25.2 Å². The molecule has 3 aromatic rings. The standard InChI is InChI=1S/C21H20N6O3/c1-12-16(3-4-17-18(12)11-30-20(17)29)19(28)9-23-6-14-7-25-27(10-14)21-24-8-15(5-22)13(2)26-21/h3-4,7-8,10,19,23,28H,6,9,11H2,1-2H3. The molecule has 30 heavy (non-hydrogen) atoms. The fourth-order valence-electron chi connectivity index (χ4n) is 3.43. The highest BCUT2D eigenvalue weighted by molar-refractivity contribution is 5.93. The number of esters is 1. The van der Waals surface area contributed by atoms with Crippen LogP contribution in [0.4, 0.5) is 0 Å². The van der Waals surface area contributed by atoms with Gasteiger partial charge >= 0.3 is 5.97 Å². The second-order valence-corrected chi connectivity index (χ2v) is 7.10. The minimum atomic E-state index is -0.717. The van der Waals surface area contributed by atoms with Gasteiger partial charge in [0, 0.05) is 30.4 Å². The Hall–Kier alpha value is -3.61. The van der Waals surface area contributed by atoms with Crippen LogP contribution in [0.5, 0.6) is 0 Å². The van der Waals surface area contributed by atoms with E-state index in [2.05, 4.69) is 20.4 Å².